The molecule has 0 spiro atoms. The van der Waals surface area contributed by atoms with Gasteiger partial charge in [-0.25, -0.2) is 0 Å². The highest BCUT2D eigenvalue weighted by molar-refractivity contribution is 9.11. The van der Waals surface area contributed by atoms with Crippen molar-refractivity contribution in [1.82, 2.24) is 0 Å². The number of ether oxygens (including phenoxy) is 1. The third-order valence-electron chi connectivity index (χ3n) is 1.27. The predicted octanol–water partition coefficient (Wildman–Crippen LogP) is 2.42. The lowest BCUT2D eigenvalue weighted by atomic mass is 10.2. The number of carbonyl (C=O) groups excluding carboxylic acids is 1. The normalized spacial score (nSPS) is 9.83. The predicted molar refractivity (Wildman–Crippen MR) is 51.2 cm³/mol. The Balaban J connectivity index is 2.52. The van der Waals surface area contributed by atoms with Gasteiger partial charge in [0.05, 0.1) is 16.8 Å². The molecule has 0 unspecified atom stereocenters. The summed E-state index contributed by atoms with van der Waals surface area (Å²) in [7, 11) is 0. The summed E-state index contributed by atoms with van der Waals surface area (Å²) in [6, 6.07) is 1.80. The van der Waals surface area contributed by atoms with E-state index >= 15 is 0 Å². The van der Waals surface area contributed by atoms with Gasteiger partial charge < -0.3 is 4.74 Å². The Hall–Kier alpha value is -0.350. The Labute approximate surface area is 83.7 Å². The van der Waals surface area contributed by atoms with Crippen LogP contribution in [0.5, 0.6) is 0 Å². The molecule has 1 aromatic rings. The van der Waals surface area contributed by atoms with Gasteiger partial charge in [-0.3, -0.25) is 4.79 Å². The van der Waals surface area contributed by atoms with Crippen LogP contribution in [0.2, 0.25) is 0 Å². The summed E-state index contributed by atoms with van der Waals surface area (Å²) in [4.78, 5) is 11.0. The van der Waals surface area contributed by atoms with E-state index < -0.39 is 0 Å². The van der Waals surface area contributed by atoms with Crippen molar-refractivity contribution in [2.24, 2.45) is 0 Å². The van der Waals surface area contributed by atoms with Gasteiger partial charge in [-0.1, -0.05) is 0 Å². The van der Waals surface area contributed by atoms with E-state index in [1.54, 1.807) is 13.0 Å². The Bertz CT molecular complexity index is 270. The third kappa shape index (κ3) is 2.60. The van der Waals surface area contributed by atoms with Gasteiger partial charge >= 0.3 is 5.97 Å². The summed E-state index contributed by atoms with van der Waals surface area (Å²) < 4.78 is 5.76. The molecule has 0 aromatic carbocycles. The minimum Gasteiger partial charge on any atom is -0.466 e. The van der Waals surface area contributed by atoms with Crippen LogP contribution in [0.25, 0.3) is 0 Å². The molecule has 0 aliphatic heterocycles. The number of halogens is 1. The first kappa shape index (κ1) is 9.74. The summed E-state index contributed by atoms with van der Waals surface area (Å²) in [5, 5.41) is 2.93. The monoisotopic (exact) mass is 247 g/mol. The highest BCUT2D eigenvalue weighted by atomic mass is 79.9. The average molecular weight is 248 g/mol. The summed E-state index contributed by atoms with van der Waals surface area (Å²) in [5.41, 5.74) is 0.943. The Morgan fingerprint density at radius 2 is 2.58 bits per heavy atom. The zero-order valence-electron chi connectivity index (χ0n) is 6.59. The van der Waals surface area contributed by atoms with Gasteiger partial charge in [0.2, 0.25) is 0 Å². The van der Waals surface area contributed by atoms with Gasteiger partial charge in [-0.15, -0.1) is 11.3 Å². The Morgan fingerprint density at radius 1 is 1.83 bits per heavy atom. The van der Waals surface area contributed by atoms with Crippen LogP contribution < -0.4 is 0 Å². The molecule has 0 amide bonds. The standard InChI is InChI=1S/C8H8BrO2S/c1-2-11-7(10)5-6-3-4-12-8(6)9/h3H,2,5H2,1H3. The molecule has 65 valence electrons. The lowest BCUT2D eigenvalue weighted by Crippen LogP contribution is -2.06. The lowest BCUT2D eigenvalue weighted by molar-refractivity contribution is -0.142. The van der Waals surface area contributed by atoms with E-state index in [0.29, 0.717) is 13.0 Å². The highest BCUT2D eigenvalue weighted by Crippen LogP contribution is 2.23. The molecule has 0 fully saturated rings. The molecule has 0 aliphatic rings. The van der Waals surface area contributed by atoms with E-state index in [4.69, 9.17) is 4.74 Å². The van der Waals surface area contributed by atoms with Crippen molar-refractivity contribution in [2.75, 3.05) is 6.61 Å². The number of thiophene rings is 1. The number of rotatable bonds is 3. The number of esters is 1. The second kappa shape index (κ2) is 4.62. The van der Waals surface area contributed by atoms with Crippen molar-refractivity contribution in [3.8, 4) is 0 Å². The summed E-state index contributed by atoms with van der Waals surface area (Å²) in [6.45, 7) is 2.23. The third-order valence-corrected chi connectivity index (χ3v) is 2.95. The van der Waals surface area contributed by atoms with E-state index in [2.05, 4.69) is 21.3 Å². The molecule has 1 rings (SSSR count). The molecule has 1 heterocycles. The maximum atomic E-state index is 11.0. The molecule has 1 aromatic heterocycles. The van der Waals surface area contributed by atoms with Crippen LogP contribution in [0.3, 0.4) is 0 Å². The van der Waals surface area contributed by atoms with Crippen LogP contribution in [0, 0.1) is 5.38 Å². The second-order valence-electron chi connectivity index (χ2n) is 2.14. The number of carbonyl (C=O) groups is 1. The van der Waals surface area contributed by atoms with Crippen LogP contribution in [-0.4, -0.2) is 12.6 Å². The maximum Gasteiger partial charge on any atom is 0.310 e. The Kier molecular flexibility index (Phi) is 3.75. The van der Waals surface area contributed by atoms with E-state index in [9.17, 15) is 4.79 Å². The number of hydrogen-bond donors (Lipinski definition) is 0. The van der Waals surface area contributed by atoms with Gasteiger partial charge in [-0.05, 0) is 34.5 Å². The molecule has 0 atom stereocenters. The molecular weight excluding hydrogens is 240 g/mol. The van der Waals surface area contributed by atoms with Gasteiger partial charge in [0, 0.05) is 5.38 Å². The van der Waals surface area contributed by atoms with Crippen molar-refractivity contribution in [3.05, 3.63) is 20.8 Å². The van der Waals surface area contributed by atoms with E-state index in [1.165, 1.54) is 11.3 Å². The summed E-state index contributed by atoms with van der Waals surface area (Å²) >= 11 is 4.77. The smallest absolute Gasteiger partial charge is 0.310 e. The molecule has 0 bridgehead atoms. The van der Waals surface area contributed by atoms with Crippen LogP contribution in [0.15, 0.2) is 9.85 Å². The first-order valence-corrected chi connectivity index (χ1v) is 5.15. The van der Waals surface area contributed by atoms with E-state index in [1.807, 2.05) is 0 Å². The van der Waals surface area contributed by atoms with Crippen molar-refractivity contribution >= 4 is 33.2 Å². The zero-order valence-corrected chi connectivity index (χ0v) is 9.00. The van der Waals surface area contributed by atoms with Gasteiger partial charge in [0.15, 0.2) is 0 Å². The maximum absolute atomic E-state index is 11.0. The fourth-order valence-corrected chi connectivity index (χ4v) is 1.86. The molecule has 0 saturated heterocycles. The van der Waals surface area contributed by atoms with Gasteiger partial charge in [0.25, 0.3) is 0 Å². The minimum absolute atomic E-state index is 0.190. The van der Waals surface area contributed by atoms with Gasteiger partial charge in [0.1, 0.15) is 0 Å². The summed E-state index contributed by atoms with van der Waals surface area (Å²) in [5.74, 6) is -0.190. The topological polar surface area (TPSA) is 26.3 Å². The SMILES string of the molecule is CCOC(=O)Cc1c[c]sc1Br. The van der Waals surface area contributed by atoms with Crippen molar-refractivity contribution in [2.45, 2.75) is 13.3 Å². The van der Waals surface area contributed by atoms with Crippen LogP contribution >= 0.6 is 27.3 Å². The molecule has 1 radical (unpaired) electrons. The lowest BCUT2D eigenvalue weighted by Gasteiger charge is -1.99. The molecule has 4 heteroatoms. The van der Waals surface area contributed by atoms with Crippen molar-refractivity contribution in [3.63, 3.8) is 0 Å². The molecule has 12 heavy (non-hydrogen) atoms. The molecule has 0 aliphatic carbocycles. The molecule has 2 nitrogen and oxygen atoms in total. The zero-order chi connectivity index (χ0) is 8.97. The van der Waals surface area contributed by atoms with Crippen LogP contribution in [0.4, 0.5) is 0 Å². The first-order valence-electron chi connectivity index (χ1n) is 3.54. The highest BCUT2D eigenvalue weighted by Gasteiger charge is 2.07. The molecular formula is C8H8BrO2S. The van der Waals surface area contributed by atoms with Crippen LogP contribution in [-0.2, 0) is 16.0 Å². The molecule has 0 saturated carbocycles. The Morgan fingerprint density at radius 3 is 3.08 bits per heavy atom. The summed E-state index contributed by atoms with van der Waals surface area (Å²) in [6.07, 6.45) is 0.328. The van der Waals surface area contributed by atoms with Crippen LogP contribution in [0.1, 0.15) is 12.5 Å². The second-order valence-corrected chi connectivity index (χ2v) is 4.31. The minimum atomic E-state index is -0.190. The van der Waals surface area contributed by atoms with Crippen molar-refractivity contribution in [1.29, 1.82) is 0 Å². The average Bonchev–Trinajstić information content (AvgIpc) is 2.37. The largest absolute Gasteiger partial charge is 0.466 e. The van der Waals surface area contributed by atoms with E-state index in [0.717, 1.165) is 9.35 Å². The quantitative estimate of drug-likeness (QED) is 0.768. The fraction of sp³-hybridized carbons (Fsp3) is 0.375. The van der Waals surface area contributed by atoms with E-state index in [-0.39, 0.29) is 5.97 Å². The first-order chi connectivity index (χ1) is 5.74. The van der Waals surface area contributed by atoms with Crippen molar-refractivity contribution < 1.29 is 9.53 Å². The molecule has 0 N–H and O–H groups in total. The fourth-order valence-electron chi connectivity index (χ4n) is 0.763. The number of hydrogen-bond acceptors (Lipinski definition) is 3. The van der Waals surface area contributed by atoms with Gasteiger partial charge in [-0.2, -0.15) is 0 Å².